The molecule has 0 saturated heterocycles. The van der Waals surface area contributed by atoms with E-state index in [0.717, 1.165) is 11.4 Å². The number of aryl methyl sites for hydroxylation is 2. The first-order valence-corrected chi connectivity index (χ1v) is 8.03. The molecular formula is C17H25N3. The topological polar surface area (TPSA) is 50.4 Å². The van der Waals surface area contributed by atoms with Crippen LogP contribution >= 0.6 is 0 Å². The first kappa shape index (κ1) is 13.6. The SMILES string of the molecule is NNC(=NC1CCCCCC1)c1ccc2c(c1)CCC2. The lowest BCUT2D eigenvalue weighted by Gasteiger charge is -2.13. The maximum Gasteiger partial charge on any atom is 0.142 e. The fraction of sp³-hybridized carbons (Fsp3) is 0.588. The van der Waals surface area contributed by atoms with Crippen molar-refractivity contribution in [3.05, 3.63) is 34.9 Å². The molecule has 0 unspecified atom stereocenters. The number of nitrogens with one attached hydrogen (secondary N) is 1. The highest BCUT2D eigenvalue weighted by Crippen LogP contribution is 2.24. The lowest BCUT2D eigenvalue weighted by atomic mass is 10.1. The molecule has 1 fully saturated rings. The number of benzene rings is 1. The lowest BCUT2D eigenvalue weighted by Crippen LogP contribution is -2.32. The van der Waals surface area contributed by atoms with Crippen LogP contribution in [0.5, 0.6) is 0 Å². The first-order valence-electron chi connectivity index (χ1n) is 8.03. The molecule has 0 aromatic heterocycles. The van der Waals surface area contributed by atoms with Crippen LogP contribution in [0.1, 0.15) is 61.6 Å². The summed E-state index contributed by atoms with van der Waals surface area (Å²) in [5.41, 5.74) is 6.96. The van der Waals surface area contributed by atoms with E-state index in [1.807, 2.05) is 0 Å². The van der Waals surface area contributed by atoms with Gasteiger partial charge in [-0.2, -0.15) is 0 Å². The summed E-state index contributed by atoms with van der Waals surface area (Å²) in [5.74, 6) is 6.59. The Kier molecular flexibility index (Phi) is 4.36. The van der Waals surface area contributed by atoms with Crippen LogP contribution < -0.4 is 11.3 Å². The highest BCUT2D eigenvalue weighted by atomic mass is 15.3. The van der Waals surface area contributed by atoms with Gasteiger partial charge in [-0.3, -0.25) is 4.99 Å². The Morgan fingerprint density at radius 2 is 1.75 bits per heavy atom. The second-order valence-electron chi connectivity index (χ2n) is 6.10. The zero-order valence-electron chi connectivity index (χ0n) is 12.2. The van der Waals surface area contributed by atoms with Crippen LogP contribution in [0, 0.1) is 0 Å². The van der Waals surface area contributed by atoms with E-state index in [4.69, 9.17) is 10.8 Å². The quantitative estimate of drug-likeness (QED) is 0.285. The van der Waals surface area contributed by atoms with Gasteiger partial charge >= 0.3 is 0 Å². The highest BCUT2D eigenvalue weighted by Gasteiger charge is 2.15. The molecule has 0 bridgehead atoms. The fourth-order valence-corrected chi connectivity index (χ4v) is 3.48. The summed E-state index contributed by atoms with van der Waals surface area (Å²) in [6.07, 6.45) is 11.4. The van der Waals surface area contributed by atoms with Crippen molar-refractivity contribution in [2.75, 3.05) is 0 Å². The summed E-state index contributed by atoms with van der Waals surface area (Å²) >= 11 is 0. The monoisotopic (exact) mass is 271 g/mol. The van der Waals surface area contributed by atoms with Gasteiger partial charge in [0.1, 0.15) is 5.84 Å². The molecule has 3 N–H and O–H groups in total. The molecule has 3 nitrogen and oxygen atoms in total. The average Bonchev–Trinajstić information content (AvgIpc) is 2.79. The Labute approximate surface area is 121 Å². The van der Waals surface area contributed by atoms with Gasteiger partial charge in [0.25, 0.3) is 0 Å². The minimum absolute atomic E-state index is 0.441. The zero-order valence-corrected chi connectivity index (χ0v) is 12.2. The van der Waals surface area contributed by atoms with Crippen LogP contribution in [0.2, 0.25) is 0 Å². The number of nitrogens with zero attached hydrogens (tertiary/aromatic N) is 1. The highest BCUT2D eigenvalue weighted by molar-refractivity contribution is 5.98. The second-order valence-corrected chi connectivity index (χ2v) is 6.10. The smallest absolute Gasteiger partial charge is 0.142 e. The van der Waals surface area contributed by atoms with E-state index in [9.17, 15) is 0 Å². The Bertz CT molecular complexity index is 485. The van der Waals surface area contributed by atoms with E-state index in [0.29, 0.717) is 6.04 Å². The van der Waals surface area contributed by atoms with Crippen molar-refractivity contribution in [2.24, 2.45) is 10.8 Å². The lowest BCUT2D eigenvalue weighted by molar-refractivity contribution is 0.583. The van der Waals surface area contributed by atoms with Gasteiger partial charge < -0.3 is 5.43 Å². The third-order valence-corrected chi connectivity index (χ3v) is 4.65. The Hall–Kier alpha value is -1.35. The molecule has 0 amide bonds. The van der Waals surface area contributed by atoms with Crippen molar-refractivity contribution in [3.63, 3.8) is 0 Å². The van der Waals surface area contributed by atoms with Crippen molar-refractivity contribution < 1.29 is 0 Å². The largest absolute Gasteiger partial charge is 0.308 e. The van der Waals surface area contributed by atoms with E-state index < -0.39 is 0 Å². The summed E-state index contributed by atoms with van der Waals surface area (Å²) < 4.78 is 0. The van der Waals surface area contributed by atoms with E-state index in [1.165, 1.54) is 68.9 Å². The maximum atomic E-state index is 5.73. The average molecular weight is 271 g/mol. The van der Waals surface area contributed by atoms with E-state index in [1.54, 1.807) is 0 Å². The molecule has 1 aromatic rings. The van der Waals surface area contributed by atoms with Gasteiger partial charge in [-0.15, -0.1) is 0 Å². The first-order chi connectivity index (χ1) is 9.86. The summed E-state index contributed by atoms with van der Waals surface area (Å²) in [5, 5.41) is 0. The molecule has 108 valence electrons. The minimum atomic E-state index is 0.441. The van der Waals surface area contributed by atoms with Crippen LogP contribution in [0.15, 0.2) is 23.2 Å². The van der Waals surface area contributed by atoms with Crippen molar-refractivity contribution in [1.29, 1.82) is 0 Å². The van der Waals surface area contributed by atoms with Crippen molar-refractivity contribution in [1.82, 2.24) is 5.43 Å². The Morgan fingerprint density at radius 1 is 1.00 bits per heavy atom. The summed E-state index contributed by atoms with van der Waals surface area (Å²) in [6, 6.07) is 7.13. The number of aliphatic imine (C=N–C) groups is 1. The second kappa shape index (κ2) is 6.40. The molecule has 0 spiro atoms. The molecule has 3 heteroatoms. The van der Waals surface area contributed by atoms with E-state index in [2.05, 4.69) is 23.6 Å². The third-order valence-electron chi connectivity index (χ3n) is 4.65. The van der Waals surface area contributed by atoms with Crippen LogP contribution in [0.4, 0.5) is 0 Å². The predicted octanol–water partition coefficient (Wildman–Crippen LogP) is 3.11. The normalized spacial score (nSPS) is 20.6. The number of hydrogen-bond acceptors (Lipinski definition) is 2. The van der Waals surface area contributed by atoms with Crippen LogP contribution in [-0.2, 0) is 12.8 Å². The zero-order chi connectivity index (χ0) is 13.8. The van der Waals surface area contributed by atoms with Gasteiger partial charge in [-0.05, 0) is 49.3 Å². The molecule has 1 saturated carbocycles. The Morgan fingerprint density at radius 3 is 2.50 bits per heavy atom. The number of fused-ring (bicyclic) bond motifs is 1. The van der Waals surface area contributed by atoms with Crippen LogP contribution in [0.3, 0.4) is 0 Å². The van der Waals surface area contributed by atoms with Gasteiger partial charge in [-0.1, -0.05) is 37.8 Å². The van der Waals surface area contributed by atoms with Gasteiger partial charge in [0, 0.05) is 5.56 Å². The predicted molar refractivity (Wildman–Crippen MR) is 83.8 cm³/mol. The molecule has 1 aromatic carbocycles. The molecular weight excluding hydrogens is 246 g/mol. The number of nitrogens with two attached hydrogens (primary N) is 1. The maximum absolute atomic E-state index is 5.73. The van der Waals surface area contributed by atoms with Gasteiger partial charge in [0.05, 0.1) is 6.04 Å². The Balaban J connectivity index is 1.81. The van der Waals surface area contributed by atoms with Gasteiger partial charge in [0.15, 0.2) is 0 Å². The van der Waals surface area contributed by atoms with Crippen molar-refractivity contribution >= 4 is 5.84 Å². The number of hydrogen-bond donors (Lipinski definition) is 2. The molecule has 0 atom stereocenters. The van der Waals surface area contributed by atoms with Gasteiger partial charge in [0.2, 0.25) is 0 Å². The summed E-state index contributed by atoms with van der Waals surface area (Å²) in [6.45, 7) is 0. The molecule has 20 heavy (non-hydrogen) atoms. The van der Waals surface area contributed by atoms with Crippen LogP contribution in [0.25, 0.3) is 0 Å². The van der Waals surface area contributed by atoms with Crippen molar-refractivity contribution in [2.45, 2.75) is 63.8 Å². The number of hydrazine groups is 1. The molecule has 2 aliphatic carbocycles. The fourth-order valence-electron chi connectivity index (χ4n) is 3.48. The minimum Gasteiger partial charge on any atom is -0.308 e. The van der Waals surface area contributed by atoms with E-state index in [-0.39, 0.29) is 0 Å². The number of amidine groups is 1. The third kappa shape index (κ3) is 3.04. The molecule has 0 radical (unpaired) electrons. The van der Waals surface area contributed by atoms with Crippen molar-refractivity contribution in [3.8, 4) is 0 Å². The molecule has 0 aliphatic heterocycles. The summed E-state index contributed by atoms with van der Waals surface area (Å²) in [7, 11) is 0. The summed E-state index contributed by atoms with van der Waals surface area (Å²) in [4.78, 5) is 4.89. The van der Waals surface area contributed by atoms with Gasteiger partial charge in [-0.25, -0.2) is 5.84 Å². The number of rotatable bonds is 2. The molecule has 3 rings (SSSR count). The standard InChI is InChI=1S/C17H25N3/c18-20-17(19-16-8-3-1-2-4-9-16)15-11-10-13-6-5-7-14(13)12-15/h10-12,16H,1-9,18H2,(H,19,20). The van der Waals surface area contributed by atoms with Crippen LogP contribution in [-0.4, -0.2) is 11.9 Å². The van der Waals surface area contributed by atoms with E-state index >= 15 is 0 Å². The molecule has 0 heterocycles. The molecule has 2 aliphatic rings.